The predicted molar refractivity (Wildman–Crippen MR) is 363 cm³/mol. The van der Waals surface area contributed by atoms with Gasteiger partial charge < -0.3 is 18.9 Å². The fraction of sp³-hybridized carbons (Fsp3) is 0.865. The zero-order valence-electron chi connectivity index (χ0n) is 56.4. The summed E-state index contributed by atoms with van der Waals surface area (Å²) in [6.45, 7) is 4.39. The van der Waals surface area contributed by atoms with Crippen molar-refractivity contribution in [1.29, 1.82) is 0 Å². The average molecular weight is 1200 g/mol. The molecule has 1 N–H and O–H groups in total. The van der Waals surface area contributed by atoms with Crippen LogP contribution in [0, 0.1) is 0 Å². The minimum Gasteiger partial charge on any atom is -0.462 e. The molecule has 84 heavy (non-hydrogen) atoms. The number of phosphoric acid groups is 1. The first kappa shape index (κ1) is 82.0. The quantitative estimate of drug-likeness (QED) is 0.0211. The largest absolute Gasteiger partial charge is 0.472 e. The smallest absolute Gasteiger partial charge is 0.462 e. The van der Waals surface area contributed by atoms with Crippen LogP contribution in [0.2, 0.25) is 0 Å². The molecule has 0 aliphatic heterocycles. The Labute approximate surface area is 522 Å². The molecule has 9 nitrogen and oxygen atoms in total. The molecule has 2 unspecified atom stereocenters. The summed E-state index contributed by atoms with van der Waals surface area (Å²) in [7, 11) is 1.50. The Morgan fingerprint density at radius 1 is 0.381 bits per heavy atom. The van der Waals surface area contributed by atoms with Crippen LogP contribution < -0.4 is 0 Å². The lowest BCUT2D eigenvalue weighted by atomic mass is 10.0. The number of ether oxygens (including phenoxy) is 2. The van der Waals surface area contributed by atoms with Crippen molar-refractivity contribution in [2.24, 2.45) is 0 Å². The molecular weight excluding hydrogens is 1060 g/mol. The van der Waals surface area contributed by atoms with Gasteiger partial charge in [0.25, 0.3) is 0 Å². The van der Waals surface area contributed by atoms with Crippen LogP contribution in [0.25, 0.3) is 0 Å². The minimum absolute atomic E-state index is 0.0342. The topological polar surface area (TPSA) is 108 Å². The number of rotatable bonds is 68. The molecule has 0 aromatic carbocycles. The second-order valence-electron chi connectivity index (χ2n) is 26.0. The van der Waals surface area contributed by atoms with E-state index in [4.69, 9.17) is 18.5 Å². The Kier molecular flexibility index (Phi) is 63.8. The highest BCUT2D eigenvalue weighted by Gasteiger charge is 2.27. The van der Waals surface area contributed by atoms with Crippen molar-refractivity contribution in [2.75, 3.05) is 47.5 Å². The third kappa shape index (κ3) is 69.1. The van der Waals surface area contributed by atoms with Gasteiger partial charge in [-0.25, -0.2) is 4.57 Å². The summed E-state index contributed by atoms with van der Waals surface area (Å²) in [5.41, 5.74) is 0. The number of carbonyl (C=O) groups excluding carboxylic acids is 2. The number of nitrogens with zero attached hydrogens (tertiary/aromatic N) is 1. The Morgan fingerprint density at radius 3 is 1.01 bits per heavy atom. The first-order chi connectivity index (χ1) is 41.0. The number of hydrogen-bond acceptors (Lipinski definition) is 7. The third-order valence-electron chi connectivity index (χ3n) is 16.4. The Bertz CT molecular complexity index is 1560. The number of esters is 2. The monoisotopic (exact) mass is 1200 g/mol. The first-order valence-corrected chi connectivity index (χ1v) is 37.9. The maximum Gasteiger partial charge on any atom is 0.472 e. The molecular formula is C74H141NO8P+. The molecule has 0 aromatic rings. The van der Waals surface area contributed by atoms with Crippen LogP contribution in [0.1, 0.15) is 361 Å². The van der Waals surface area contributed by atoms with Crippen molar-refractivity contribution in [2.45, 2.75) is 367 Å². The molecule has 0 amide bonds. The van der Waals surface area contributed by atoms with E-state index in [0.717, 1.165) is 57.8 Å². The number of phosphoric ester groups is 1. The molecule has 2 atom stereocenters. The van der Waals surface area contributed by atoms with E-state index in [1.54, 1.807) is 0 Å². The van der Waals surface area contributed by atoms with Gasteiger partial charge in [-0.3, -0.25) is 18.6 Å². The summed E-state index contributed by atoms with van der Waals surface area (Å²) in [6, 6.07) is 0. The molecule has 0 rings (SSSR count). The molecule has 0 heterocycles. The van der Waals surface area contributed by atoms with Gasteiger partial charge in [0.1, 0.15) is 19.8 Å². The zero-order chi connectivity index (χ0) is 61.2. The fourth-order valence-electron chi connectivity index (χ4n) is 10.8. The van der Waals surface area contributed by atoms with Crippen molar-refractivity contribution in [3.05, 3.63) is 48.6 Å². The van der Waals surface area contributed by atoms with Crippen molar-refractivity contribution >= 4 is 19.8 Å². The number of carbonyl (C=O) groups is 2. The van der Waals surface area contributed by atoms with Gasteiger partial charge in [0.2, 0.25) is 0 Å². The van der Waals surface area contributed by atoms with Gasteiger partial charge in [0, 0.05) is 12.8 Å². The lowest BCUT2D eigenvalue weighted by molar-refractivity contribution is -0.870. The minimum atomic E-state index is -4.39. The van der Waals surface area contributed by atoms with E-state index in [2.05, 4.69) is 62.5 Å². The van der Waals surface area contributed by atoms with E-state index >= 15 is 0 Å². The second-order valence-corrected chi connectivity index (χ2v) is 27.4. The van der Waals surface area contributed by atoms with Crippen LogP contribution in [-0.4, -0.2) is 74.9 Å². The zero-order valence-corrected chi connectivity index (χ0v) is 57.3. The molecule has 0 aliphatic rings. The lowest BCUT2D eigenvalue weighted by Crippen LogP contribution is -2.37. The van der Waals surface area contributed by atoms with Gasteiger partial charge in [-0.2, -0.15) is 0 Å². The number of likely N-dealkylation sites (N-methyl/N-ethyl adjacent to an activating group) is 1. The standard InChI is InChI=1S/C74H140NO8P/c1-6-8-10-12-14-16-18-20-22-24-26-28-30-32-34-36-37-39-41-43-45-47-49-51-53-55-57-59-61-63-65-67-74(77)83-72(71-82-84(78,79)81-69-68-75(3,4)5)70-80-73(76)66-64-62-60-58-56-54-52-50-48-46-44-42-40-38-35-33-31-29-27-25-23-21-19-17-15-13-11-9-7-2/h8,10,14,16,20,22,26,28,72H,6-7,9,11-13,15,17-19,21,23-25,27,29-71H2,1-5H3/p+1/b10-8-,16-14-,22-20-,28-26-. The normalized spacial score (nSPS) is 13.4. The summed E-state index contributed by atoms with van der Waals surface area (Å²) in [5, 5.41) is 0. The van der Waals surface area contributed by atoms with Crippen LogP contribution in [0.5, 0.6) is 0 Å². The molecule has 0 saturated carbocycles. The van der Waals surface area contributed by atoms with Crippen molar-refractivity contribution in [3.8, 4) is 0 Å². The number of quaternary nitrogens is 1. The van der Waals surface area contributed by atoms with Crippen LogP contribution in [-0.2, 0) is 32.7 Å². The van der Waals surface area contributed by atoms with Crippen molar-refractivity contribution in [1.82, 2.24) is 0 Å². The third-order valence-corrected chi connectivity index (χ3v) is 17.4. The highest BCUT2D eigenvalue weighted by Crippen LogP contribution is 2.43. The summed E-state index contributed by atoms with van der Waals surface area (Å²) in [4.78, 5) is 35.9. The molecule has 0 saturated heterocycles. The van der Waals surface area contributed by atoms with Crippen LogP contribution in [0.4, 0.5) is 0 Å². The maximum atomic E-state index is 12.9. The van der Waals surface area contributed by atoms with Gasteiger partial charge in [-0.1, -0.05) is 345 Å². The molecule has 0 spiro atoms. The molecule has 0 fully saturated rings. The van der Waals surface area contributed by atoms with Crippen LogP contribution >= 0.6 is 7.82 Å². The summed E-state index contributed by atoms with van der Waals surface area (Å²) in [6.07, 6.45) is 85.2. The van der Waals surface area contributed by atoms with E-state index in [1.165, 1.54) is 270 Å². The van der Waals surface area contributed by atoms with Gasteiger partial charge in [0.15, 0.2) is 6.10 Å². The lowest BCUT2D eigenvalue weighted by Gasteiger charge is -2.24. The summed E-state index contributed by atoms with van der Waals surface area (Å²) >= 11 is 0. The summed E-state index contributed by atoms with van der Waals surface area (Å²) in [5.74, 6) is -0.775. The Morgan fingerprint density at radius 2 is 0.679 bits per heavy atom. The van der Waals surface area contributed by atoms with E-state index < -0.39 is 26.5 Å². The van der Waals surface area contributed by atoms with E-state index in [9.17, 15) is 19.0 Å². The van der Waals surface area contributed by atoms with Crippen molar-refractivity contribution < 1.29 is 42.1 Å². The van der Waals surface area contributed by atoms with E-state index in [0.29, 0.717) is 23.9 Å². The predicted octanol–water partition coefficient (Wildman–Crippen LogP) is 23.6. The van der Waals surface area contributed by atoms with Gasteiger partial charge >= 0.3 is 19.8 Å². The fourth-order valence-corrected chi connectivity index (χ4v) is 11.6. The highest BCUT2D eigenvalue weighted by molar-refractivity contribution is 7.47. The molecule has 494 valence electrons. The number of hydrogen-bond donors (Lipinski definition) is 1. The van der Waals surface area contributed by atoms with Crippen molar-refractivity contribution in [3.63, 3.8) is 0 Å². The van der Waals surface area contributed by atoms with Crippen LogP contribution in [0.3, 0.4) is 0 Å². The maximum absolute atomic E-state index is 12.9. The molecule has 0 radical (unpaired) electrons. The second kappa shape index (κ2) is 65.4. The Balaban J connectivity index is 3.97. The SMILES string of the molecule is CC/C=C\C/C=C\C/C=C\C/C=C\CCCCCCCCCCCCCCCCCCCCC(=O)OC(COC(=O)CCCCCCCCCCCCCCCCCCCCCCCCCCCCCCC)COP(=O)(O)OCC[N+](C)(C)C. The number of unbranched alkanes of at least 4 members (excludes halogenated alkanes) is 46. The summed E-state index contributed by atoms with van der Waals surface area (Å²) < 4.78 is 34.8. The van der Waals surface area contributed by atoms with Crippen LogP contribution in [0.15, 0.2) is 48.6 Å². The first-order valence-electron chi connectivity index (χ1n) is 36.4. The Hall–Kier alpha value is -2.03. The molecule has 0 bridgehead atoms. The molecule has 0 aliphatic carbocycles. The highest BCUT2D eigenvalue weighted by atomic mass is 31.2. The number of allylic oxidation sites excluding steroid dienone is 8. The van der Waals surface area contributed by atoms with Gasteiger partial charge in [0.05, 0.1) is 27.7 Å². The van der Waals surface area contributed by atoms with Gasteiger partial charge in [-0.15, -0.1) is 0 Å². The molecule has 0 aromatic heterocycles. The van der Waals surface area contributed by atoms with E-state index in [-0.39, 0.29) is 25.6 Å². The average Bonchev–Trinajstić information content (AvgIpc) is 3.61. The van der Waals surface area contributed by atoms with Gasteiger partial charge in [-0.05, 0) is 51.4 Å². The van der Waals surface area contributed by atoms with E-state index in [1.807, 2.05) is 21.1 Å². The molecule has 10 heteroatoms.